The first kappa shape index (κ1) is 17.4. The second-order valence-corrected chi connectivity index (χ2v) is 15.8. The molecule has 1 aromatic heterocycles. The van der Waals surface area contributed by atoms with Crippen molar-refractivity contribution in [3.8, 4) is 0 Å². The molecule has 1 aliphatic rings. The molecule has 3 unspecified atom stereocenters. The summed E-state index contributed by atoms with van der Waals surface area (Å²) in [6.45, 7) is 0. The van der Waals surface area contributed by atoms with Gasteiger partial charge in [0.05, 0.1) is 0 Å². The van der Waals surface area contributed by atoms with Crippen LogP contribution in [0.3, 0.4) is 0 Å². The van der Waals surface area contributed by atoms with Crippen LogP contribution in [0.5, 0.6) is 0 Å². The molecule has 0 aliphatic carbocycles. The molecular weight excluding hydrogens is 360 g/mol. The summed E-state index contributed by atoms with van der Waals surface area (Å²) in [6, 6.07) is 26.5. The van der Waals surface area contributed by atoms with E-state index in [1.54, 1.807) is 0 Å². The van der Waals surface area contributed by atoms with E-state index in [9.17, 15) is 0 Å². The van der Waals surface area contributed by atoms with Gasteiger partial charge in [-0.1, -0.05) is 0 Å². The average Bonchev–Trinajstić information content (AvgIpc) is 3.15. The van der Waals surface area contributed by atoms with Gasteiger partial charge in [0.25, 0.3) is 0 Å². The van der Waals surface area contributed by atoms with Gasteiger partial charge in [0.1, 0.15) is 0 Å². The summed E-state index contributed by atoms with van der Waals surface area (Å²) in [5.74, 6) is 0.630. The van der Waals surface area contributed by atoms with E-state index in [4.69, 9.17) is 5.50 Å². The maximum absolute atomic E-state index is 7.31. The van der Waals surface area contributed by atoms with E-state index in [1.165, 1.54) is 34.7 Å². The Morgan fingerprint density at radius 3 is 2.16 bits per heavy atom. The van der Waals surface area contributed by atoms with Gasteiger partial charge in [0.15, 0.2) is 0 Å². The Labute approximate surface area is 156 Å². The second-order valence-electron chi connectivity index (χ2n) is 7.00. The van der Waals surface area contributed by atoms with Crippen LogP contribution in [0.4, 0.5) is 0 Å². The summed E-state index contributed by atoms with van der Waals surface area (Å²) < 4.78 is 1.49. The Kier molecular flexibility index (Phi) is 5.34. The Bertz CT molecular complexity index is 791. The van der Waals surface area contributed by atoms with Gasteiger partial charge in [-0.25, -0.2) is 0 Å². The quantitative estimate of drug-likeness (QED) is 0.555. The predicted molar refractivity (Wildman–Crippen MR) is 117 cm³/mol. The molecule has 4 rings (SSSR count). The summed E-state index contributed by atoms with van der Waals surface area (Å²) >= 11 is 1.88. The van der Waals surface area contributed by atoms with Crippen LogP contribution in [0.2, 0.25) is 0 Å². The van der Waals surface area contributed by atoms with Crippen LogP contribution in [-0.4, -0.2) is 6.16 Å². The summed E-state index contributed by atoms with van der Waals surface area (Å²) in [6.07, 6.45) is 3.68. The number of hydrogen-bond donors (Lipinski definition) is 1. The van der Waals surface area contributed by atoms with Gasteiger partial charge in [0, 0.05) is 0 Å². The van der Waals surface area contributed by atoms with Crippen LogP contribution in [0.1, 0.15) is 35.5 Å². The van der Waals surface area contributed by atoms with Gasteiger partial charge in [-0.3, -0.25) is 0 Å². The zero-order valence-electron chi connectivity index (χ0n) is 14.3. The Hall–Kier alpha value is -1.04. The molecule has 1 nitrogen and oxygen atoms in total. The standard InChI is InChI=1S/C21H25NP2S/c22-24(23-21-12-7-15-25-21)16-19(17-8-3-1-4-9-17)13-14-20(24)18-10-5-2-6-11-18/h1-12,15,19-20,23-24H,13-14,16,22H2. The summed E-state index contributed by atoms with van der Waals surface area (Å²) in [4.78, 5) is 0. The molecule has 4 heteroatoms. The first-order valence-corrected chi connectivity index (χ1v) is 14.2. The third kappa shape index (κ3) is 3.88. The molecule has 25 heavy (non-hydrogen) atoms. The van der Waals surface area contributed by atoms with Crippen LogP contribution >= 0.6 is 26.7 Å². The van der Waals surface area contributed by atoms with Gasteiger partial charge in [-0.15, -0.1) is 0 Å². The minimum absolute atomic E-state index is 0.578. The van der Waals surface area contributed by atoms with Crippen molar-refractivity contribution in [2.45, 2.75) is 24.4 Å². The van der Waals surface area contributed by atoms with E-state index in [2.05, 4.69) is 78.2 Å². The van der Waals surface area contributed by atoms with Crippen LogP contribution in [0.15, 0.2) is 78.2 Å². The van der Waals surface area contributed by atoms with Crippen molar-refractivity contribution >= 4 is 31.3 Å². The third-order valence-corrected chi connectivity index (χ3v) is 15.0. The van der Waals surface area contributed by atoms with E-state index >= 15 is 0 Å². The van der Waals surface area contributed by atoms with Crippen LogP contribution in [-0.2, 0) is 0 Å². The van der Waals surface area contributed by atoms with Crippen LogP contribution in [0, 0.1) is 0 Å². The van der Waals surface area contributed by atoms with E-state index in [0.717, 1.165) is 8.27 Å². The zero-order valence-corrected chi connectivity index (χ0v) is 17.1. The van der Waals surface area contributed by atoms with Crippen LogP contribution in [0.25, 0.3) is 0 Å². The molecule has 130 valence electrons. The number of hydrogen-bond acceptors (Lipinski definition) is 2. The van der Waals surface area contributed by atoms with Gasteiger partial charge >= 0.3 is 157 Å². The number of rotatable bonds is 4. The molecule has 1 fully saturated rings. The van der Waals surface area contributed by atoms with Gasteiger partial charge in [0.2, 0.25) is 0 Å². The Morgan fingerprint density at radius 2 is 1.52 bits per heavy atom. The number of thiophene rings is 1. The van der Waals surface area contributed by atoms with Crippen molar-refractivity contribution in [3.63, 3.8) is 0 Å². The number of nitrogens with two attached hydrogens (primary N) is 1. The fourth-order valence-electron chi connectivity index (χ4n) is 4.15. The molecular formula is C21H25NP2S. The SMILES string of the molecule is N[PH]1(Pc2cccs2)CC(c2ccccc2)CCC1c1ccccc1. The van der Waals surface area contributed by atoms with Crippen molar-refractivity contribution < 1.29 is 0 Å². The van der Waals surface area contributed by atoms with Crippen LogP contribution < -0.4 is 10.1 Å². The number of benzene rings is 2. The Balaban J connectivity index is 1.66. The minimum atomic E-state index is -1.92. The first-order chi connectivity index (χ1) is 12.2. The second kappa shape index (κ2) is 7.68. The molecule has 0 amide bonds. The predicted octanol–water partition coefficient (Wildman–Crippen LogP) is 5.91. The van der Waals surface area contributed by atoms with Crippen molar-refractivity contribution in [2.24, 2.45) is 5.50 Å². The summed E-state index contributed by atoms with van der Waals surface area (Å²) in [5, 5.41) is 2.19. The molecule has 1 aliphatic heterocycles. The molecule has 3 aromatic rings. The van der Waals surface area contributed by atoms with E-state index in [0.29, 0.717) is 11.6 Å². The van der Waals surface area contributed by atoms with E-state index in [1.807, 2.05) is 11.3 Å². The van der Waals surface area contributed by atoms with E-state index < -0.39 is 7.10 Å². The van der Waals surface area contributed by atoms with Crippen molar-refractivity contribution in [3.05, 3.63) is 89.3 Å². The molecule has 1 saturated heterocycles. The molecule has 2 N–H and O–H groups in total. The fraction of sp³-hybridized carbons (Fsp3) is 0.238. The molecule has 3 atom stereocenters. The maximum atomic E-state index is 7.31. The summed E-state index contributed by atoms with van der Waals surface area (Å²) in [5.41, 5.74) is 10.8. The molecule has 2 heterocycles. The normalized spacial score (nSPS) is 24.4. The Morgan fingerprint density at radius 1 is 0.840 bits per heavy atom. The molecule has 0 saturated carbocycles. The third-order valence-electron chi connectivity index (χ3n) is 5.36. The average molecular weight is 385 g/mol. The van der Waals surface area contributed by atoms with Crippen molar-refractivity contribution in [2.75, 3.05) is 6.16 Å². The molecule has 0 bridgehead atoms. The van der Waals surface area contributed by atoms with Gasteiger partial charge < -0.3 is 0 Å². The first-order valence-electron chi connectivity index (χ1n) is 8.95. The topological polar surface area (TPSA) is 26.0 Å². The van der Waals surface area contributed by atoms with Crippen molar-refractivity contribution in [1.29, 1.82) is 0 Å². The monoisotopic (exact) mass is 385 g/mol. The van der Waals surface area contributed by atoms with E-state index in [-0.39, 0.29) is 0 Å². The van der Waals surface area contributed by atoms with Gasteiger partial charge in [-0.05, 0) is 0 Å². The molecule has 0 spiro atoms. The van der Waals surface area contributed by atoms with Crippen molar-refractivity contribution in [1.82, 2.24) is 0 Å². The fourth-order valence-corrected chi connectivity index (χ4v) is 15.3. The summed E-state index contributed by atoms with van der Waals surface area (Å²) in [7, 11) is -1.12. The molecule has 0 radical (unpaired) electrons. The van der Waals surface area contributed by atoms with Gasteiger partial charge in [-0.2, -0.15) is 0 Å². The zero-order chi connectivity index (χ0) is 17.1. The molecule has 2 aromatic carbocycles.